The molecule has 1 aliphatic carbocycles. The molecule has 5 rings (SSSR count). The Kier molecular flexibility index (Phi) is 4.27. The number of carbonyl (C=O) groups excluding carboxylic acids is 1. The van der Waals surface area contributed by atoms with Gasteiger partial charge in [0.05, 0.1) is 22.3 Å². The summed E-state index contributed by atoms with van der Waals surface area (Å²) in [4.78, 5) is 25.4. The van der Waals surface area contributed by atoms with Crippen LogP contribution in [-0.4, -0.2) is 30.3 Å². The monoisotopic (exact) mass is 428 g/mol. The van der Waals surface area contributed by atoms with E-state index in [1.165, 1.54) is 6.33 Å². The zero-order chi connectivity index (χ0) is 21.8. The first-order valence-corrected chi connectivity index (χ1v) is 9.51. The van der Waals surface area contributed by atoms with E-state index in [-0.39, 0.29) is 23.2 Å². The number of nitrogens with one attached hydrogen (secondary N) is 1. The molecule has 0 radical (unpaired) electrons. The highest BCUT2D eigenvalue weighted by molar-refractivity contribution is 5.91. The molecule has 11 heteroatoms. The molecule has 0 bridgehead atoms. The van der Waals surface area contributed by atoms with Gasteiger partial charge in [-0.15, -0.1) is 10.2 Å². The molecule has 1 N–H and O–H groups in total. The van der Waals surface area contributed by atoms with Crippen molar-refractivity contribution < 1.29 is 18.0 Å². The molecule has 0 atom stereocenters. The quantitative estimate of drug-likeness (QED) is 0.539. The fraction of sp³-hybridized carbons (Fsp3) is 0.250. The SMILES string of the molecule is O=C(Cn1nc(C2CC2)c2cc(C(F)(F)F)ccc2c1=O)Nc1ccc2nncn2c1. The second kappa shape index (κ2) is 6.89. The van der Waals surface area contributed by atoms with Gasteiger partial charge in [0.1, 0.15) is 12.9 Å². The molecule has 8 nitrogen and oxygen atoms in total. The molecule has 158 valence electrons. The van der Waals surface area contributed by atoms with Gasteiger partial charge in [0.25, 0.3) is 5.56 Å². The Morgan fingerprint density at radius 3 is 2.71 bits per heavy atom. The van der Waals surface area contributed by atoms with Gasteiger partial charge in [-0.05, 0) is 43.2 Å². The van der Waals surface area contributed by atoms with Crippen molar-refractivity contribution in [2.75, 3.05) is 5.32 Å². The molecule has 0 aliphatic heterocycles. The Bertz CT molecular complexity index is 1390. The minimum absolute atomic E-state index is 0.0166. The molecule has 1 amide bonds. The fourth-order valence-electron chi connectivity index (χ4n) is 3.49. The number of amides is 1. The summed E-state index contributed by atoms with van der Waals surface area (Å²) in [7, 11) is 0. The van der Waals surface area contributed by atoms with Crippen LogP contribution in [0.2, 0.25) is 0 Å². The number of halogens is 3. The Morgan fingerprint density at radius 1 is 1.16 bits per heavy atom. The number of rotatable bonds is 4. The first-order chi connectivity index (χ1) is 14.8. The number of nitrogens with zero attached hydrogens (tertiary/aromatic N) is 5. The molecule has 0 saturated heterocycles. The van der Waals surface area contributed by atoms with Gasteiger partial charge in [0.2, 0.25) is 5.91 Å². The van der Waals surface area contributed by atoms with Crippen molar-refractivity contribution in [3.05, 3.63) is 64.5 Å². The molecule has 1 aliphatic rings. The molecule has 3 heterocycles. The molecule has 31 heavy (non-hydrogen) atoms. The topological polar surface area (TPSA) is 94.2 Å². The van der Waals surface area contributed by atoms with E-state index in [0.29, 0.717) is 17.0 Å². The Balaban J connectivity index is 1.48. The highest BCUT2D eigenvalue weighted by Crippen LogP contribution is 2.42. The summed E-state index contributed by atoms with van der Waals surface area (Å²) in [6, 6.07) is 6.32. The number of fused-ring (bicyclic) bond motifs is 2. The number of hydrogen-bond acceptors (Lipinski definition) is 5. The van der Waals surface area contributed by atoms with Gasteiger partial charge in [-0.25, -0.2) is 4.68 Å². The summed E-state index contributed by atoms with van der Waals surface area (Å²) in [5.41, 5.74) is 0.0565. The first kappa shape index (κ1) is 19.2. The average molecular weight is 428 g/mol. The lowest BCUT2D eigenvalue weighted by atomic mass is 10.0. The van der Waals surface area contributed by atoms with Crippen LogP contribution in [0, 0.1) is 0 Å². The summed E-state index contributed by atoms with van der Waals surface area (Å²) >= 11 is 0. The maximum absolute atomic E-state index is 13.1. The number of benzene rings is 1. The van der Waals surface area contributed by atoms with E-state index in [9.17, 15) is 22.8 Å². The van der Waals surface area contributed by atoms with Gasteiger partial charge >= 0.3 is 6.18 Å². The van der Waals surface area contributed by atoms with Crippen LogP contribution in [0.1, 0.15) is 30.0 Å². The smallest absolute Gasteiger partial charge is 0.323 e. The van der Waals surface area contributed by atoms with Crippen LogP contribution in [-0.2, 0) is 17.5 Å². The minimum atomic E-state index is -4.52. The van der Waals surface area contributed by atoms with Crippen molar-refractivity contribution in [1.29, 1.82) is 0 Å². The summed E-state index contributed by atoms with van der Waals surface area (Å²) in [6.45, 7) is -0.365. The molecule has 1 aromatic carbocycles. The third-order valence-electron chi connectivity index (χ3n) is 5.15. The lowest BCUT2D eigenvalue weighted by Gasteiger charge is -2.13. The number of pyridine rings is 1. The number of anilines is 1. The Hall–Kier alpha value is -3.76. The third-order valence-corrected chi connectivity index (χ3v) is 5.15. The van der Waals surface area contributed by atoms with E-state index in [4.69, 9.17) is 0 Å². The van der Waals surface area contributed by atoms with Crippen LogP contribution >= 0.6 is 0 Å². The third kappa shape index (κ3) is 3.62. The minimum Gasteiger partial charge on any atom is -0.323 e. The maximum atomic E-state index is 13.1. The van der Waals surface area contributed by atoms with E-state index in [2.05, 4.69) is 20.6 Å². The fourth-order valence-corrected chi connectivity index (χ4v) is 3.49. The van der Waals surface area contributed by atoms with Crippen LogP contribution in [0.4, 0.5) is 18.9 Å². The van der Waals surface area contributed by atoms with E-state index in [1.807, 2.05) is 0 Å². The van der Waals surface area contributed by atoms with Crippen molar-refractivity contribution in [3.63, 3.8) is 0 Å². The van der Waals surface area contributed by atoms with Crippen molar-refractivity contribution in [2.24, 2.45) is 0 Å². The van der Waals surface area contributed by atoms with Gasteiger partial charge in [0, 0.05) is 17.5 Å². The number of carbonyl (C=O) groups is 1. The second-order valence-electron chi connectivity index (χ2n) is 7.44. The van der Waals surface area contributed by atoms with E-state index >= 15 is 0 Å². The molecular formula is C20H15F3N6O2. The lowest BCUT2D eigenvalue weighted by molar-refractivity contribution is -0.137. The Labute approximate surface area is 172 Å². The van der Waals surface area contributed by atoms with Gasteiger partial charge in [0.15, 0.2) is 5.65 Å². The first-order valence-electron chi connectivity index (χ1n) is 9.51. The van der Waals surface area contributed by atoms with E-state index < -0.39 is 23.2 Å². The van der Waals surface area contributed by atoms with Crippen molar-refractivity contribution in [3.8, 4) is 0 Å². The highest BCUT2D eigenvalue weighted by Gasteiger charge is 2.33. The van der Waals surface area contributed by atoms with Crippen LogP contribution in [0.15, 0.2) is 47.7 Å². The zero-order valence-electron chi connectivity index (χ0n) is 15.9. The second-order valence-corrected chi connectivity index (χ2v) is 7.44. The van der Waals surface area contributed by atoms with Crippen LogP contribution < -0.4 is 10.9 Å². The van der Waals surface area contributed by atoms with E-state index in [0.717, 1.165) is 35.7 Å². The maximum Gasteiger partial charge on any atom is 0.416 e. The van der Waals surface area contributed by atoms with Gasteiger partial charge < -0.3 is 5.32 Å². The van der Waals surface area contributed by atoms with E-state index in [1.54, 1.807) is 22.7 Å². The molecule has 0 unspecified atom stereocenters. The van der Waals surface area contributed by atoms with Crippen LogP contribution in [0.3, 0.4) is 0 Å². The summed E-state index contributed by atoms with van der Waals surface area (Å²) < 4.78 is 42.0. The highest BCUT2D eigenvalue weighted by atomic mass is 19.4. The van der Waals surface area contributed by atoms with Gasteiger partial charge in [-0.1, -0.05) is 0 Å². The molecular weight excluding hydrogens is 413 g/mol. The zero-order valence-corrected chi connectivity index (χ0v) is 15.9. The van der Waals surface area contributed by atoms with Crippen molar-refractivity contribution >= 4 is 28.0 Å². The van der Waals surface area contributed by atoms with Crippen molar-refractivity contribution in [2.45, 2.75) is 31.5 Å². The lowest BCUT2D eigenvalue weighted by Crippen LogP contribution is -2.30. The molecule has 3 aromatic heterocycles. The molecule has 0 spiro atoms. The number of hydrogen-bond donors (Lipinski definition) is 1. The predicted octanol–water partition coefficient (Wildman–Crippen LogP) is 2.97. The predicted molar refractivity (Wildman–Crippen MR) is 105 cm³/mol. The largest absolute Gasteiger partial charge is 0.416 e. The van der Waals surface area contributed by atoms with Gasteiger partial charge in [-0.2, -0.15) is 18.3 Å². The standard InChI is InChI=1S/C20H15F3N6O2/c21-20(22,23)12-3-5-14-15(7-12)18(11-1-2-11)27-29(19(14)31)9-17(30)25-13-4-6-16-26-24-10-28(16)8-13/h3-8,10-11H,1-2,9H2,(H,25,30). The molecule has 1 saturated carbocycles. The van der Waals surface area contributed by atoms with Crippen LogP contribution in [0.25, 0.3) is 16.4 Å². The summed E-state index contributed by atoms with van der Waals surface area (Å²) in [5.74, 6) is -0.507. The average Bonchev–Trinajstić information content (AvgIpc) is 3.46. The summed E-state index contributed by atoms with van der Waals surface area (Å²) in [5, 5.41) is 14.9. The normalized spacial score (nSPS) is 14.3. The molecule has 1 fully saturated rings. The van der Waals surface area contributed by atoms with Crippen LogP contribution in [0.5, 0.6) is 0 Å². The van der Waals surface area contributed by atoms with Crippen molar-refractivity contribution in [1.82, 2.24) is 24.4 Å². The van der Waals surface area contributed by atoms with Gasteiger partial charge in [-0.3, -0.25) is 14.0 Å². The summed E-state index contributed by atoms with van der Waals surface area (Å²) in [6.07, 6.45) is 0.147. The number of aromatic nitrogens is 5. The molecule has 4 aromatic rings. The Morgan fingerprint density at radius 2 is 1.97 bits per heavy atom. The number of alkyl halides is 3.